The van der Waals surface area contributed by atoms with E-state index >= 15 is 0 Å². The van der Waals surface area contributed by atoms with Gasteiger partial charge in [0.25, 0.3) is 0 Å². The molecule has 140 valence electrons. The summed E-state index contributed by atoms with van der Waals surface area (Å²) in [4.78, 5) is 21.6. The van der Waals surface area contributed by atoms with Gasteiger partial charge >= 0.3 is 0 Å². The van der Waals surface area contributed by atoms with Gasteiger partial charge in [-0.1, -0.05) is 30.3 Å². The highest BCUT2D eigenvalue weighted by Crippen LogP contribution is 2.40. The third-order valence-electron chi connectivity index (χ3n) is 5.18. The van der Waals surface area contributed by atoms with Crippen LogP contribution >= 0.6 is 0 Å². The molecule has 1 amide bonds. The van der Waals surface area contributed by atoms with Crippen LogP contribution in [0.4, 0.5) is 0 Å². The average molecular weight is 371 g/mol. The lowest BCUT2D eigenvalue weighted by Gasteiger charge is -2.13. The minimum absolute atomic E-state index is 0.00881. The molecule has 0 saturated heterocycles. The SMILES string of the molecule is O=C(Cn1c(C2CC2)nc2ccccc21)NCc1ccccc1-n1ccnc1. The van der Waals surface area contributed by atoms with Gasteiger partial charge in [0.1, 0.15) is 12.4 Å². The minimum Gasteiger partial charge on any atom is -0.350 e. The minimum atomic E-state index is -0.00881. The number of imidazole rings is 2. The van der Waals surface area contributed by atoms with E-state index in [1.165, 1.54) is 0 Å². The van der Waals surface area contributed by atoms with Gasteiger partial charge in [0, 0.05) is 24.9 Å². The van der Waals surface area contributed by atoms with Crippen molar-refractivity contribution >= 4 is 16.9 Å². The monoisotopic (exact) mass is 371 g/mol. The van der Waals surface area contributed by atoms with Crippen LogP contribution in [0.2, 0.25) is 0 Å². The molecule has 1 N–H and O–H groups in total. The van der Waals surface area contributed by atoms with Gasteiger partial charge in [0.2, 0.25) is 5.91 Å². The molecule has 2 aromatic carbocycles. The van der Waals surface area contributed by atoms with Crippen LogP contribution in [0.1, 0.15) is 30.1 Å². The first kappa shape index (κ1) is 16.7. The van der Waals surface area contributed by atoms with E-state index in [-0.39, 0.29) is 5.91 Å². The number of carbonyl (C=O) groups excluding carboxylic acids is 1. The molecule has 28 heavy (non-hydrogen) atoms. The van der Waals surface area contributed by atoms with E-state index in [1.807, 2.05) is 59.3 Å². The lowest BCUT2D eigenvalue weighted by molar-refractivity contribution is -0.121. The van der Waals surface area contributed by atoms with Crippen LogP contribution < -0.4 is 5.32 Å². The van der Waals surface area contributed by atoms with Crippen LogP contribution in [0.3, 0.4) is 0 Å². The summed E-state index contributed by atoms with van der Waals surface area (Å²) in [5.74, 6) is 1.52. The van der Waals surface area contributed by atoms with E-state index in [9.17, 15) is 4.79 Å². The molecule has 2 aromatic heterocycles. The van der Waals surface area contributed by atoms with Gasteiger partial charge in [-0.05, 0) is 36.6 Å². The zero-order valence-electron chi connectivity index (χ0n) is 15.5. The van der Waals surface area contributed by atoms with E-state index in [0.29, 0.717) is 19.0 Å². The standard InChI is InChI=1S/C22H21N5O/c28-21(24-13-17-5-1-3-7-19(17)26-12-11-23-15-26)14-27-20-8-4-2-6-18(20)25-22(27)16-9-10-16/h1-8,11-12,15-16H,9-10,13-14H2,(H,24,28). The normalized spacial score (nSPS) is 13.7. The number of aromatic nitrogens is 4. The highest BCUT2D eigenvalue weighted by Gasteiger charge is 2.30. The molecule has 1 fully saturated rings. The van der Waals surface area contributed by atoms with Crippen LogP contribution in [0.5, 0.6) is 0 Å². The second kappa shape index (κ2) is 6.96. The smallest absolute Gasteiger partial charge is 0.240 e. The summed E-state index contributed by atoms with van der Waals surface area (Å²) in [7, 11) is 0. The Labute approximate surface area is 162 Å². The number of benzene rings is 2. The van der Waals surface area contributed by atoms with Gasteiger partial charge in [-0.25, -0.2) is 9.97 Å². The molecule has 1 aliphatic carbocycles. The van der Waals surface area contributed by atoms with E-state index in [0.717, 1.165) is 41.0 Å². The lowest BCUT2D eigenvalue weighted by atomic mass is 10.1. The maximum absolute atomic E-state index is 12.7. The van der Waals surface area contributed by atoms with Gasteiger partial charge in [-0.3, -0.25) is 4.79 Å². The number of hydrogen-bond acceptors (Lipinski definition) is 3. The third-order valence-corrected chi connectivity index (χ3v) is 5.18. The Morgan fingerprint density at radius 1 is 1.11 bits per heavy atom. The van der Waals surface area contributed by atoms with Crippen molar-refractivity contribution in [3.63, 3.8) is 0 Å². The molecule has 0 radical (unpaired) electrons. The van der Waals surface area contributed by atoms with Crippen LogP contribution in [-0.2, 0) is 17.9 Å². The van der Waals surface area contributed by atoms with Crippen molar-refractivity contribution in [3.8, 4) is 5.69 Å². The summed E-state index contributed by atoms with van der Waals surface area (Å²) in [5.41, 5.74) is 4.06. The fourth-order valence-corrected chi connectivity index (χ4v) is 3.62. The van der Waals surface area contributed by atoms with Gasteiger partial charge in [0.05, 0.1) is 23.0 Å². The van der Waals surface area contributed by atoms with E-state index in [2.05, 4.69) is 14.9 Å². The number of nitrogens with one attached hydrogen (secondary N) is 1. The first-order valence-corrected chi connectivity index (χ1v) is 9.58. The van der Waals surface area contributed by atoms with Gasteiger partial charge in [-0.2, -0.15) is 0 Å². The van der Waals surface area contributed by atoms with Crippen LogP contribution in [0.25, 0.3) is 16.7 Å². The number of nitrogens with zero attached hydrogens (tertiary/aromatic N) is 4. The second-order valence-electron chi connectivity index (χ2n) is 7.19. The molecule has 0 bridgehead atoms. The quantitative estimate of drug-likeness (QED) is 0.565. The number of hydrogen-bond donors (Lipinski definition) is 1. The van der Waals surface area contributed by atoms with Crippen molar-refractivity contribution in [2.75, 3.05) is 0 Å². The molecule has 4 aromatic rings. The van der Waals surface area contributed by atoms with Gasteiger partial charge < -0.3 is 14.5 Å². The summed E-state index contributed by atoms with van der Waals surface area (Å²) < 4.78 is 4.03. The number of rotatable bonds is 6. The first-order chi connectivity index (χ1) is 13.8. The van der Waals surface area contributed by atoms with Crippen LogP contribution in [-0.4, -0.2) is 25.0 Å². The number of fused-ring (bicyclic) bond motifs is 1. The van der Waals surface area contributed by atoms with Crippen molar-refractivity contribution in [3.05, 3.63) is 78.6 Å². The molecule has 0 unspecified atom stereocenters. The molecular formula is C22H21N5O. The topological polar surface area (TPSA) is 64.7 Å². The Bertz CT molecular complexity index is 1130. The van der Waals surface area contributed by atoms with Crippen molar-refractivity contribution in [1.29, 1.82) is 0 Å². The molecule has 0 aliphatic heterocycles. The average Bonchev–Trinajstić information content (AvgIpc) is 3.30. The zero-order valence-corrected chi connectivity index (χ0v) is 15.5. The number of carbonyl (C=O) groups is 1. The van der Waals surface area contributed by atoms with Crippen LogP contribution in [0.15, 0.2) is 67.3 Å². The fourth-order valence-electron chi connectivity index (χ4n) is 3.62. The molecule has 5 rings (SSSR count). The molecule has 1 aliphatic rings. The Hall–Kier alpha value is -3.41. The second-order valence-corrected chi connectivity index (χ2v) is 7.19. The Morgan fingerprint density at radius 2 is 1.93 bits per heavy atom. The summed E-state index contributed by atoms with van der Waals surface area (Å²) in [6.07, 6.45) is 7.73. The van der Waals surface area contributed by atoms with Crippen molar-refractivity contribution in [2.45, 2.75) is 31.8 Å². The summed E-state index contributed by atoms with van der Waals surface area (Å²) in [5, 5.41) is 3.07. The van der Waals surface area contributed by atoms with E-state index < -0.39 is 0 Å². The highest BCUT2D eigenvalue weighted by atomic mass is 16.1. The fraction of sp³-hybridized carbons (Fsp3) is 0.227. The van der Waals surface area contributed by atoms with E-state index in [4.69, 9.17) is 4.98 Å². The zero-order chi connectivity index (χ0) is 18.9. The predicted octanol–water partition coefficient (Wildman–Crippen LogP) is 3.42. The first-order valence-electron chi connectivity index (χ1n) is 9.58. The van der Waals surface area contributed by atoms with Gasteiger partial charge in [-0.15, -0.1) is 0 Å². The van der Waals surface area contributed by atoms with Crippen molar-refractivity contribution < 1.29 is 4.79 Å². The Balaban J connectivity index is 1.34. The molecular weight excluding hydrogens is 350 g/mol. The molecule has 0 atom stereocenters. The number of para-hydroxylation sites is 3. The number of amides is 1. The maximum Gasteiger partial charge on any atom is 0.240 e. The largest absolute Gasteiger partial charge is 0.350 e. The Kier molecular flexibility index (Phi) is 4.16. The van der Waals surface area contributed by atoms with E-state index in [1.54, 1.807) is 12.5 Å². The molecule has 6 heteroatoms. The molecule has 1 saturated carbocycles. The van der Waals surface area contributed by atoms with Gasteiger partial charge in [0.15, 0.2) is 0 Å². The Morgan fingerprint density at radius 3 is 2.75 bits per heavy atom. The lowest BCUT2D eigenvalue weighted by Crippen LogP contribution is -2.28. The molecule has 0 spiro atoms. The summed E-state index contributed by atoms with van der Waals surface area (Å²) in [6.45, 7) is 0.762. The third kappa shape index (κ3) is 3.17. The van der Waals surface area contributed by atoms with Crippen LogP contribution in [0, 0.1) is 0 Å². The van der Waals surface area contributed by atoms with Crippen molar-refractivity contribution in [2.24, 2.45) is 0 Å². The predicted molar refractivity (Wildman–Crippen MR) is 107 cm³/mol. The summed E-state index contributed by atoms with van der Waals surface area (Å²) in [6, 6.07) is 16.1. The maximum atomic E-state index is 12.7. The van der Waals surface area contributed by atoms with Crippen molar-refractivity contribution in [1.82, 2.24) is 24.4 Å². The molecule has 6 nitrogen and oxygen atoms in total. The molecule has 2 heterocycles. The summed E-state index contributed by atoms with van der Waals surface area (Å²) >= 11 is 0. The highest BCUT2D eigenvalue weighted by molar-refractivity contribution is 5.81.